The van der Waals surface area contributed by atoms with Crippen molar-refractivity contribution in [3.63, 3.8) is 0 Å². The lowest BCUT2D eigenvalue weighted by Gasteiger charge is -2.28. The molecular formula is C23H27N5O5S. The summed E-state index contributed by atoms with van der Waals surface area (Å²) in [7, 11) is -3.73. The van der Waals surface area contributed by atoms with Crippen molar-refractivity contribution in [1.82, 2.24) is 14.4 Å². The first kappa shape index (κ1) is 23.9. The average molecular weight is 486 g/mol. The van der Waals surface area contributed by atoms with Gasteiger partial charge in [0.2, 0.25) is 10.0 Å². The summed E-state index contributed by atoms with van der Waals surface area (Å²) in [5, 5.41) is 6.71. The molecule has 1 fully saturated rings. The Morgan fingerprint density at radius 3 is 2.59 bits per heavy atom. The number of benzene rings is 1. The zero-order chi connectivity index (χ0) is 24.1. The molecular weight excluding hydrogens is 458 g/mol. The van der Waals surface area contributed by atoms with Crippen molar-refractivity contribution in [3.8, 4) is 11.3 Å². The number of hydrogen-bond acceptors (Lipinski definition) is 8. The predicted octanol–water partition coefficient (Wildman–Crippen LogP) is 2.86. The van der Waals surface area contributed by atoms with E-state index in [0.29, 0.717) is 43.3 Å². The lowest BCUT2D eigenvalue weighted by molar-refractivity contribution is 0.0730. The van der Waals surface area contributed by atoms with Crippen molar-refractivity contribution in [2.75, 3.05) is 49.6 Å². The molecule has 3 heterocycles. The van der Waals surface area contributed by atoms with Gasteiger partial charge >= 0.3 is 0 Å². The van der Waals surface area contributed by atoms with E-state index in [4.69, 9.17) is 9.26 Å². The summed E-state index contributed by atoms with van der Waals surface area (Å²) in [5.41, 5.74) is 1.87. The van der Waals surface area contributed by atoms with Crippen LogP contribution in [0.1, 0.15) is 24.3 Å². The van der Waals surface area contributed by atoms with Crippen molar-refractivity contribution in [3.05, 3.63) is 54.5 Å². The van der Waals surface area contributed by atoms with Gasteiger partial charge in [-0.1, -0.05) is 5.16 Å². The first-order valence-corrected chi connectivity index (χ1v) is 12.5. The predicted molar refractivity (Wildman–Crippen MR) is 127 cm³/mol. The number of nitrogens with zero attached hydrogens (tertiary/aromatic N) is 4. The fourth-order valence-corrected chi connectivity index (χ4v) is 5.20. The average Bonchev–Trinajstić information content (AvgIpc) is 3.37. The number of hydrogen-bond donors (Lipinski definition) is 1. The number of anilines is 2. The Morgan fingerprint density at radius 1 is 1.15 bits per heavy atom. The number of nitrogens with one attached hydrogen (secondary N) is 1. The normalized spacial score (nSPS) is 14.6. The van der Waals surface area contributed by atoms with Gasteiger partial charge in [0.05, 0.1) is 29.5 Å². The molecule has 0 saturated carbocycles. The van der Waals surface area contributed by atoms with Crippen LogP contribution in [0.4, 0.5) is 11.4 Å². The molecule has 34 heavy (non-hydrogen) atoms. The Labute approximate surface area is 198 Å². The number of pyridine rings is 1. The highest BCUT2D eigenvalue weighted by Gasteiger charge is 2.28. The first-order valence-electron chi connectivity index (χ1n) is 11.1. The second-order valence-corrected chi connectivity index (χ2v) is 9.58. The molecule has 4 rings (SSSR count). The molecule has 10 nitrogen and oxygen atoms in total. The summed E-state index contributed by atoms with van der Waals surface area (Å²) < 4.78 is 38.4. The molecule has 0 spiro atoms. The molecule has 1 N–H and O–H groups in total. The smallest absolute Gasteiger partial charge is 0.277 e. The third-order valence-electron chi connectivity index (χ3n) is 5.62. The van der Waals surface area contributed by atoms with Crippen LogP contribution >= 0.6 is 0 Å². The van der Waals surface area contributed by atoms with Gasteiger partial charge in [0.15, 0.2) is 11.5 Å². The number of carbonyl (C=O) groups is 1. The fourth-order valence-electron chi connectivity index (χ4n) is 3.76. The van der Waals surface area contributed by atoms with E-state index in [2.05, 4.69) is 15.5 Å². The number of morpholine rings is 1. The standard InChI is InChI=1S/C23H27N5O5S/c1-3-27(4-2)21-8-7-18(34(30,31)28-10-12-32-13-11-28)14-19(21)25-23(29)20-15-22(33-26-20)17-6-5-9-24-16-17/h5-9,14-16H,3-4,10-13H2,1-2H3,(H,25,29). The molecule has 11 heteroatoms. The molecule has 1 aliphatic heterocycles. The van der Waals surface area contributed by atoms with E-state index in [9.17, 15) is 13.2 Å². The van der Waals surface area contributed by atoms with Crippen LogP contribution in [-0.2, 0) is 14.8 Å². The summed E-state index contributed by atoms with van der Waals surface area (Å²) in [6.45, 7) is 6.64. The van der Waals surface area contributed by atoms with Gasteiger partial charge in [0, 0.05) is 50.2 Å². The molecule has 1 aliphatic rings. The lowest BCUT2D eigenvalue weighted by Crippen LogP contribution is -2.40. The van der Waals surface area contributed by atoms with Crippen LogP contribution in [0.25, 0.3) is 11.3 Å². The van der Waals surface area contributed by atoms with Gasteiger partial charge in [-0.3, -0.25) is 9.78 Å². The maximum atomic E-state index is 13.2. The number of sulfonamides is 1. The van der Waals surface area contributed by atoms with Gasteiger partial charge in [0.25, 0.3) is 5.91 Å². The summed E-state index contributed by atoms with van der Waals surface area (Å²) in [5.74, 6) is -0.0981. The maximum Gasteiger partial charge on any atom is 0.277 e. The van der Waals surface area contributed by atoms with Crippen molar-refractivity contribution < 1.29 is 22.5 Å². The molecule has 1 aromatic carbocycles. The van der Waals surface area contributed by atoms with Crippen molar-refractivity contribution in [1.29, 1.82) is 0 Å². The molecule has 1 saturated heterocycles. The van der Waals surface area contributed by atoms with Crippen LogP contribution in [0, 0.1) is 0 Å². The number of carbonyl (C=O) groups excluding carboxylic acids is 1. The van der Waals surface area contributed by atoms with Crippen LogP contribution in [0.3, 0.4) is 0 Å². The van der Waals surface area contributed by atoms with Gasteiger partial charge in [0.1, 0.15) is 0 Å². The van der Waals surface area contributed by atoms with Crippen LogP contribution in [0.5, 0.6) is 0 Å². The third-order valence-corrected chi connectivity index (χ3v) is 7.51. The Hall–Kier alpha value is -3.28. The minimum Gasteiger partial charge on any atom is -0.379 e. The second-order valence-electron chi connectivity index (χ2n) is 7.64. The zero-order valence-corrected chi connectivity index (χ0v) is 19.9. The Bertz CT molecular complexity index is 1240. The first-order chi connectivity index (χ1) is 16.4. The summed E-state index contributed by atoms with van der Waals surface area (Å²) in [6, 6.07) is 9.88. The van der Waals surface area contributed by atoms with Gasteiger partial charge < -0.3 is 19.5 Å². The largest absolute Gasteiger partial charge is 0.379 e. The quantitative estimate of drug-likeness (QED) is 0.518. The highest BCUT2D eigenvalue weighted by atomic mass is 32.2. The van der Waals surface area contributed by atoms with E-state index in [-0.39, 0.29) is 23.7 Å². The molecule has 3 aromatic rings. The molecule has 0 unspecified atom stereocenters. The second kappa shape index (κ2) is 10.3. The molecule has 0 aliphatic carbocycles. The summed E-state index contributed by atoms with van der Waals surface area (Å²) >= 11 is 0. The van der Waals surface area contributed by atoms with E-state index in [1.807, 2.05) is 18.7 Å². The van der Waals surface area contributed by atoms with Crippen LogP contribution in [-0.4, -0.2) is 68.2 Å². The minimum atomic E-state index is -3.73. The van der Waals surface area contributed by atoms with Crippen molar-refractivity contribution >= 4 is 27.3 Å². The van der Waals surface area contributed by atoms with E-state index >= 15 is 0 Å². The number of rotatable bonds is 8. The highest BCUT2D eigenvalue weighted by Crippen LogP contribution is 2.31. The van der Waals surface area contributed by atoms with E-state index in [0.717, 1.165) is 5.69 Å². The highest BCUT2D eigenvalue weighted by molar-refractivity contribution is 7.89. The van der Waals surface area contributed by atoms with Crippen LogP contribution in [0.2, 0.25) is 0 Å². The topological polar surface area (TPSA) is 118 Å². The number of aromatic nitrogens is 2. The number of amides is 1. The molecule has 1 amide bonds. The van der Waals surface area contributed by atoms with E-state index in [1.54, 1.807) is 36.7 Å². The van der Waals surface area contributed by atoms with Gasteiger partial charge in [-0.15, -0.1) is 0 Å². The van der Waals surface area contributed by atoms with E-state index < -0.39 is 15.9 Å². The lowest BCUT2D eigenvalue weighted by atomic mass is 10.2. The summed E-state index contributed by atoms with van der Waals surface area (Å²) in [6.07, 6.45) is 3.25. The van der Waals surface area contributed by atoms with E-state index in [1.165, 1.54) is 16.4 Å². The minimum absolute atomic E-state index is 0.0748. The van der Waals surface area contributed by atoms with Gasteiger partial charge in [-0.25, -0.2) is 8.42 Å². The van der Waals surface area contributed by atoms with Gasteiger partial charge in [-0.05, 0) is 44.2 Å². The summed E-state index contributed by atoms with van der Waals surface area (Å²) in [4.78, 5) is 19.2. The van der Waals surface area contributed by atoms with Crippen molar-refractivity contribution in [2.45, 2.75) is 18.7 Å². The Morgan fingerprint density at radius 2 is 1.91 bits per heavy atom. The third kappa shape index (κ3) is 4.96. The Kier molecular flexibility index (Phi) is 7.25. The maximum absolute atomic E-state index is 13.2. The molecule has 0 bridgehead atoms. The molecule has 180 valence electrons. The van der Waals surface area contributed by atoms with Crippen molar-refractivity contribution in [2.24, 2.45) is 0 Å². The molecule has 0 atom stereocenters. The fraction of sp³-hybridized carbons (Fsp3) is 0.348. The van der Waals surface area contributed by atoms with Crippen LogP contribution in [0.15, 0.2) is 58.2 Å². The molecule has 0 radical (unpaired) electrons. The van der Waals surface area contributed by atoms with Gasteiger partial charge in [-0.2, -0.15) is 4.31 Å². The molecule has 2 aromatic heterocycles. The SMILES string of the molecule is CCN(CC)c1ccc(S(=O)(=O)N2CCOCC2)cc1NC(=O)c1cc(-c2cccnc2)on1. The number of ether oxygens (including phenoxy) is 1. The zero-order valence-electron chi connectivity index (χ0n) is 19.1. The monoisotopic (exact) mass is 485 g/mol. The van der Waals surface area contributed by atoms with Crippen LogP contribution < -0.4 is 10.2 Å². The Balaban J connectivity index is 1.65.